The van der Waals surface area contributed by atoms with Crippen LogP contribution >= 0.6 is 11.3 Å². The number of aliphatic hydroxyl groups excluding tert-OH is 2. The van der Waals surface area contributed by atoms with E-state index in [1.54, 1.807) is 24.5 Å². The highest BCUT2D eigenvalue weighted by atomic mass is 32.2. The molecule has 2 aromatic rings. The standard InChI is InChI=1S/C16H19N5O5S2/c1-28(25,26)21-16-20-12(9-27-16)15(24)19-8-13(22)14(23)11(7-17)6-10-2-4-18-5-3-10/h2-5,9,11,13-14,22-23H,6,8H2,1H3,(H,19,24)(H,20,21). The van der Waals surface area contributed by atoms with Crippen LogP contribution in [0.1, 0.15) is 16.1 Å². The average molecular weight is 425 g/mol. The molecular formula is C16H19N5O5S2. The van der Waals surface area contributed by atoms with Crippen molar-refractivity contribution in [3.05, 3.63) is 41.2 Å². The Labute approximate surface area is 165 Å². The second-order valence-electron chi connectivity index (χ2n) is 5.98. The van der Waals surface area contributed by atoms with Crippen LogP contribution in [-0.2, 0) is 16.4 Å². The molecule has 150 valence electrons. The minimum Gasteiger partial charge on any atom is -0.389 e. The summed E-state index contributed by atoms with van der Waals surface area (Å²) >= 11 is 0.933. The van der Waals surface area contributed by atoms with Crippen molar-refractivity contribution < 1.29 is 23.4 Å². The van der Waals surface area contributed by atoms with Crippen molar-refractivity contribution in [2.24, 2.45) is 5.92 Å². The van der Waals surface area contributed by atoms with Gasteiger partial charge in [-0.15, -0.1) is 11.3 Å². The van der Waals surface area contributed by atoms with E-state index in [2.05, 4.69) is 20.0 Å². The molecule has 0 aliphatic carbocycles. The lowest BCUT2D eigenvalue weighted by atomic mass is 9.92. The van der Waals surface area contributed by atoms with Crippen molar-refractivity contribution in [3.8, 4) is 6.07 Å². The zero-order valence-corrected chi connectivity index (χ0v) is 16.4. The van der Waals surface area contributed by atoms with Crippen LogP contribution in [0.4, 0.5) is 5.13 Å². The summed E-state index contributed by atoms with van der Waals surface area (Å²) in [7, 11) is -3.51. The Bertz CT molecular complexity index is 942. The number of anilines is 1. The van der Waals surface area contributed by atoms with Crippen LogP contribution in [0.25, 0.3) is 0 Å². The number of amides is 1. The van der Waals surface area contributed by atoms with Crippen molar-refractivity contribution in [1.82, 2.24) is 15.3 Å². The molecule has 0 bridgehead atoms. The van der Waals surface area contributed by atoms with Crippen LogP contribution in [-0.4, -0.2) is 59.5 Å². The van der Waals surface area contributed by atoms with Gasteiger partial charge >= 0.3 is 0 Å². The summed E-state index contributed by atoms with van der Waals surface area (Å²) in [5.41, 5.74) is 0.747. The van der Waals surface area contributed by atoms with Crippen LogP contribution in [0.5, 0.6) is 0 Å². The van der Waals surface area contributed by atoms with Crippen LogP contribution in [0.15, 0.2) is 29.9 Å². The Balaban J connectivity index is 1.90. The first-order valence-corrected chi connectivity index (χ1v) is 10.8. The number of sulfonamides is 1. The van der Waals surface area contributed by atoms with Crippen molar-refractivity contribution in [2.45, 2.75) is 18.6 Å². The number of aromatic nitrogens is 2. The first kappa shape index (κ1) is 21.7. The first-order chi connectivity index (χ1) is 13.2. The summed E-state index contributed by atoms with van der Waals surface area (Å²) < 4.78 is 24.5. The summed E-state index contributed by atoms with van der Waals surface area (Å²) in [5.74, 6) is -1.52. The van der Waals surface area contributed by atoms with E-state index < -0.39 is 34.1 Å². The molecule has 0 radical (unpaired) electrons. The van der Waals surface area contributed by atoms with E-state index in [9.17, 15) is 28.7 Å². The molecule has 0 aliphatic heterocycles. The molecule has 3 atom stereocenters. The third-order valence-corrected chi connectivity index (χ3v) is 5.11. The summed E-state index contributed by atoms with van der Waals surface area (Å²) in [6.45, 7) is -0.305. The van der Waals surface area contributed by atoms with E-state index >= 15 is 0 Å². The Morgan fingerprint density at radius 1 is 1.36 bits per heavy atom. The van der Waals surface area contributed by atoms with Gasteiger partial charge in [-0.25, -0.2) is 13.4 Å². The number of carbonyl (C=O) groups is 1. The average Bonchev–Trinajstić information content (AvgIpc) is 3.10. The molecule has 2 rings (SSSR count). The molecule has 1 amide bonds. The van der Waals surface area contributed by atoms with Crippen LogP contribution in [0.3, 0.4) is 0 Å². The zero-order valence-electron chi connectivity index (χ0n) is 14.8. The van der Waals surface area contributed by atoms with Crippen molar-refractivity contribution in [3.63, 3.8) is 0 Å². The van der Waals surface area contributed by atoms with Gasteiger partial charge in [0, 0.05) is 24.3 Å². The topological polar surface area (TPSA) is 165 Å². The smallest absolute Gasteiger partial charge is 0.270 e. The quantitative estimate of drug-likeness (QED) is 0.427. The Kier molecular flexibility index (Phi) is 7.41. The lowest BCUT2D eigenvalue weighted by Gasteiger charge is -2.22. The van der Waals surface area contributed by atoms with Gasteiger partial charge < -0.3 is 15.5 Å². The maximum absolute atomic E-state index is 12.1. The predicted molar refractivity (Wildman–Crippen MR) is 102 cm³/mol. The molecule has 2 aromatic heterocycles. The van der Waals surface area contributed by atoms with Gasteiger partial charge in [-0.05, 0) is 24.1 Å². The number of hydrogen-bond donors (Lipinski definition) is 4. The molecular weight excluding hydrogens is 406 g/mol. The second kappa shape index (κ2) is 9.56. The number of nitrogens with zero attached hydrogens (tertiary/aromatic N) is 3. The maximum Gasteiger partial charge on any atom is 0.270 e. The zero-order chi connectivity index (χ0) is 20.7. The fourth-order valence-corrected chi connectivity index (χ4v) is 3.82. The molecule has 0 saturated heterocycles. The molecule has 0 aliphatic rings. The molecule has 3 unspecified atom stereocenters. The van der Waals surface area contributed by atoms with Gasteiger partial charge in [-0.1, -0.05) is 0 Å². The largest absolute Gasteiger partial charge is 0.389 e. The lowest BCUT2D eigenvalue weighted by molar-refractivity contribution is -0.00203. The van der Waals surface area contributed by atoms with Crippen molar-refractivity contribution in [2.75, 3.05) is 17.5 Å². The van der Waals surface area contributed by atoms with Gasteiger partial charge in [-0.2, -0.15) is 5.26 Å². The van der Waals surface area contributed by atoms with Gasteiger partial charge in [0.25, 0.3) is 5.91 Å². The number of aliphatic hydroxyl groups is 2. The molecule has 0 fully saturated rings. The molecule has 0 spiro atoms. The Hall–Kier alpha value is -2.59. The fraction of sp³-hybridized carbons (Fsp3) is 0.375. The number of rotatable bonds is 9. The third kappa shape index (κ3) is 6.54. The number of nitriles is 1. The summed E-state index contributed by atoms with van der Waals surface area (Å²) in [5, 5.41) is 33.4. The Morgan fingerprint density at radius 2 is 2.04 bits per heavy atom. The molecule has 12 heteroatoms. The van der Waals surface area contributed by atoms with Gasteiger partial charge in [-0.3, -0.25) is 14.5 Å². The Morgan fingerprint density at radius 3 is 2.64 bits per heavy atom. The summed E-state index contributed by atoms with van der Waals surface area (Å²) in [4.78, 5) is 19.8. The van der Waals surface area contributed by atoms with Crippen LogP contribution < -0.4 is 10.0 Å². The van der Waals surface area contributed by atoms with E-state index in [4.69, 9.17) is 0 Å². The van der Waals surface area contributed by atoms with Crippen LogP contribution in [0, 0.1) is 17.2 Å². The van der Waals surface area contributed by atoms with Crippen molar-refractivity contribution >= 4 is 32.4 Å². The molecule has 10 nitrogen and oxygen atoms in total. The second-order valence-corrected chi connectivity index (χ2v) is 8.58. The number of thiazole rings is 1. The van der Waals surface area contributed by atoms with E-state index in [0.717, 1.165) is 23.2 Å². The van der Waals surface area contributed by atoms with E-state index in [-0.39, 0.29) is 23.8 Å². The summed E-state index contributed by atoms with van der Waals surface area (Å²) in [6, 6.07) is 5.36. The maximum atomic E-state index is 12.1. The number of carbonyl (C=O) groups excluding carboxylic acids is 1. The molecule has 4 N–H and O–H groups in total. The van der Waals surface area contributed by atoms with E-state index in [0.29, 0.717) is 0 Å². The van der Waals surface area contributed by atoms with Crippen molar-refractivity contribution in [1.29, 1.82) is 5.26 Å². The minimum absolute atomic E-state index is 0.0357. The highest BCUT2D eigenvalue weighted by molar-refractivity contribution is 7.92. The minimum atomic E-state index is -3.51. The molecule has 2 heterocycles. The SMILES string of the molecule is CS(=O)(=O)Nc1nc(C(=O)NCC(O)C(O)C(C#N)Cc2ccncc2)cs1. The number of pyridine rings is 1. The molecule has 28 heavy (non-hydrogen) atoms. The highest BCUT2D eigenvalue weighted by Gasteiger charge is 2.27. The summed E-state index contributed by atoms with van der Waals surface area (Å²) in [6.07, 6.45) is 1.56. The van der Waals surface area contributed by atoms with Crippen LogP contribution in [0.2, 0.25) is 0 Å². The monoisotopic (exact) mass is 425 g/mol. The fourth-order valence-electron chi connectivity index (χ4n) is 2.28. The molecule has 0 aromatic carbocycles. The van der Waals surface area contributed by atoms with Gasteiger partial charge in [0.05, 0.1) is 30.5 Å². The highest BCUT2D eigenvalue weighted by Crippen LogP contribution is 2.17. The number of hydrogen-bond acceptors (Lipinski definition) is 9. The van der Waals surface area contributed by atoms with Gasteiger partial charge in [0.15, 0.2) is 5.13 Å². The third-order valence-electron chi connectivity index (χ3n) is 3.66. The lowest BCUT2D eigenvalue weighted by Crippen LogP contribution is -2.42. The van der Waals surface area contributed by atoms with E-state index in [1.807, 2.05) is 6.07 Å². The van der Waals surface area contributed by atoms with Gasteiger partial charge in [0.1, 0.15) is 5.69 Å². The number of nitrogens with one attached hydrogen (secondary N) is 2. The first-order valence-electron chi connectivity index (χ1n) is 8.05. The molecule has 0 saturated carbocycles. The van der Waals surface area contributed by atoms with E-state index in [1.165, 1.54) is 5.38 Å². The predicted octanol–water partition coefficient (Wildman–Crippen LogP) is -0.256. The van der Waals surface area contributed by atoms with Gasteiger partial charge in [0.2, 0.25) is 10.0 Å². The normalized spacial score (nSPS) is 14.5.